The molecule has 0 atom stereocenters. The molecule has 0 unspecified atom stereocenters. The molecule has 1 aliphatic rings. The van der Waals surface area contributed by atoms with Crippen molar-refractivity contribution in [2.24, 2.45) is 0 Å². The Labute approximate surface area is 110 Å². The van der Waals surface area contributed by atoms with Gasteiger partial charge in [-0.15, -0.1) is 16.7 Å². The van der Waals surface area contributed by atoms with E-state index in [2.05, 4.69) is 21.8 Å². The summed E-state index contributed by atoms with van der Waals surface area (Å²) >= 11 is 7.09. The van der Waals surface area contributed by atoms with Gasteiger partial charge in [0.2, 0.25) is 0 Å². The lowest BCUT2D eigenvalue weighted by Crippen LogP contribution is -2.55. The number of rotatable bonds is 5. The van der Waals surface area contributed by atoms with Gasteiger partial charge >= 0.3 is 0 Å². The van der Waals surface area contributed by atoms with E-state index in [1.54, 1.807) is 0 Å². The minimum atomic E-state index is -0.188. The quantitative estimate of drug-likeness (QED) is 0.838. The van der Waals surface area contributed by atoms with Crippen LogP contribution in [0.15, 0.2) is 0 Å². The van der Waals surface area contributed by atoms with Crippen molar-refractivity contribution >= 4 is 29.0 Å². The van der Waals surface area contributed by atoms with Crippen LogP contribution in [-0.2, 0) is 6.42 Å². The number of amides is 1. The summed E-state index contributed by atoms with van der Waals surface area (Å²) in [5, 5.41) is 7.04. The Bertz CT molecular complexity index is 398. The Hall–Kier alpha value is -0.680. The SMILES string of the molecule is CCCc1nnsc1C(=O)NC1(CCl)CCC1. The van der Waals surface area contributed by atoms with Crippen LogP contribution in [0.1, 0.15) is 48.0 Å². The Morgan fingerprint density at radius 2 is 2.35 bits per heavy atom. The van der Waals surface area contributed by atoms with E-state index in [1.807, 2.05) is 0 Å². The van der Waals surface area contributed by atoms with Crippen LogP contribution >= 0.6 is 23.1 Å². The van der Waals surface area contributed by atoms with E-state index < -0.39 is 0 Å². The molecule has 1 aliphatic carbocycles. The first kappa shape index (κ1) is 12.8. The number of hydrogen-bond acceptors (Lipinski definition) is 4. The predicted octanol–water partition coefficient (Wildman–Crippen LogP) is 2.38. The fourth-order valence-electron chi connectivity index (χ4n) is 1.97. The molecule has 0 aliphatic heterocycles. The zero-order chi connectivity index (χ0) is 12.3. The highest BCUT2D eigenvalue weighted by Gasteiger charge is 2.38. The third-order valence-electron chi connectivity index (χ3n) is 3.19. The molecule has 4 nitrogen and oxygen atoms in total. The maximum Gasteiger partial charge on any atom is 0.265 e. The van der Waals surface area contributed by atoms with Crippen LogP contribution in [0.2, 0.25) is 0 Å². The second kappa shape index (κ2) is 5.31. The third-order valence-corrected chi connectivity index (χ3v) is 4.47. The molecule has 0 bridgehead atoms. The van der Waals surface area contributed by atoms with Gasteiger partial charge in [0.1, 0.15) is 4.88 Å². The summed E-state index contributed by atoms with van der Waals surface area (Å²) in [5.74, 6) is 0.414. The lowest BCUT2D eigenvalue weighted by molar-refractivity contribution is 0.0857. The summed E-state index contributed by atoms with van der Waals surface area (Å²) < 4.78 is 3.86. The normalized spacial score (nSPS) is 17.5. The molecule has 1 aromatic heterocycles. The minimum Gasteiger partial charge on any atom is -0.345 e. The number of hydrogen-bond donors (Lipinski definition) is 1. The molecule has 1 N–H and O–H groups in total. The van der Waals surface area contributed by atoms with E-state index in [-0.39, 0.29) is 11.4 Å². The van der Waals surface area contributed by atoms with Crippen LogP contribution in [0.3, 0.4) is 0 Å². The molecular weight excluding hydrogens is 258 g/mol. The van der Waals surface area contributed by atoms with Crippen LogP contribution in [0, 0.1) is 0 Å². The van der Waals surface area contributed by atoms with E-state index in [0.717, 1.165) is 37.8 Å². The average Bonchev–Trinajstić information content (AvgIpc) is 2.72. The summed E-state index contributed by atoms with van der Waals surface area (Å²) in [5.41, 5.74) is 0.616. The van der Waals surface area contributed by atoms with Gasteiger partial charge in [0.15, 0.2) is 0 Å². The summed E-state index contributed by atoms with van der Waals surface area (Å²) in [7, 11) is 0. The largest absolute Gasteiger partial charge is 0.345 e. The number of carbonyl (C=O) groups excluding carboxylic acids is 1. The number of alkyl halides is 1. The second-order valence-electron chi connectivity index (χ2n) is 4.52. The van der Waals surface area contributed by atoms with Gasteiger partial charge in [-0.3, -0.25) is 4.79 Å². The smallest absolute Gasteiger partial charge is 0.265 e. The van der Waals surface area contributed by atoms with Crippen LogP contribution in [0.25, 0.3) is 0 Å². The van der Waals surface area contributed by atoms with Crippen molar-refractivity contribution in [3.05, 3.63) is 10.6 Å². The van der Waals surface area contributed by atoms with Crippen molar-refractivity contribution in [1.82, 2.24) is 14.9 Å². The van der Waals surface area contributed by atoms with Gasteiger partial charge in [0, 0.05) is 5.88 Å². The van der Waals surface area contributed by atoms with Crippen molar-refractivity contribution < 1.29 is 4.79 Å². The molecule has 0 aromatic carbocycles. The average molecular weight is 274 g/mol. The van der Waals surface area contributed by atoms with Gasteiger partial charge in [0.25, 0.3) is 5.91 Å². The van der Waals surface area contributed by atoms with E-state index in [0.29, 0.717) is 10.8 Å². The van der Waals surface area contributed by atoms with Gasteiger partial charge in [-0.1, -0.05) is 17.8 Å². The van der Waals surface area contributed by atoms with Gasteiger partial charge in [-0.05, 0) is 37.2 Å². The lowest BCUT2D eigenvalue weighted by Gasteiger charge is -2.40. The Morgan fingerprint density at radius 3 is 2.88 bits per heavy atom. The molecule has 0 saturated heterocycles. The van der Waals surface area contributed by atoms with Crippen LogP contribution in [0.4, 0.5) is 0 Å². The number of halogens is 1. The highest BCUT2D eigenvalue weighted by molar-refractivity contribution is 7.08. The zero-order valence-electron chi connectivity index (χ0n) is 9.83. The highest BCUT2D eigenvalue weighted by atomic mass is 35.5. The monoisotopic (exact) mass is 273 g/mol. The van der Waals surface area contributed by atoms with Crippen molar-refractivity contribution in [1.29, 1.82) is 0 Å². The minimum absolute atomic E-state index is 0.0659. The predicted molar refractivity (Wildman–Crippen MR) is 68.7 cm³/mol. The molecule has 1 aromatic rings. The van der Waals surface area contributed by atoms with Gasteiger partial charge < -0.3 is 5.32 Å². The summed E-state index contributed by atoms with van der Waals surface area (Å²) in [6.07, 6.45) is 4.84. The molecule has 1 amide bonds. The first-order valence-electron chi connectivity index (χ1n) is 5.90. The Morgan fingerprint density at radius 1 is 1.59 bits per heavy atom. The van der Waals surface area contributed by atoms with Crippen molar-refractivity contribution in [3.63, 3.8) is 0 Å². The topological polar surface area (TPSA) is 54.9 Å². The van der Waals surface area contributed by atoms with Crippen LogP contribution in [0.5, 0.6) is 0 Å². The molecular formula is C11H16ClN3OS. The third kappa shape index (κ3) is 2.60. The molecule has 2 rings (SSSR count). The van der Waals surface area contributed by atoms with Crippen molar-refractivity contribution in [2.75, 3.05) is 5.88 Å². The standard InChI is InChI=1S/C11H16ClN3OS/c1-2-4-8-9(17-15-14-8)10(16)13-11(7-12)5-3-6-11/h2-7H2,1H3,(H,13,16). The number of nitrogens with one attached hydrogen (secondary N) is 1. The lowest BCUT2D eigenvalue weighted by atomic mass is 9.78. The zero-order valence-corrected chi connectivity index (χ0v) is 11.4. The van der Waals surface area contributed by atoms with Crippen molar-refractivity contribution in [3.8, 4) is 0 Å². The first-order chi connectivity index (χ1) is 8.21. The highest BCUT2D eigenvalue weighted by Crippen LogP contribution is 2.33. The number of aryl methyl sites for hydroxylation is 1. The Balaban J connectivity index is 2.06. The van der Waals surface area contributed by atoms with Gasteiger partial charge in [-0.2, -0.15) is 0 Å². The van der Waals surface area contributed by atoms with E-state index in [4.69, 9.17) is 11.6 Å². The fraction of sp³-hybridized carbons (Fsp3) is 0.727. The van der Waals surface area contributed by atoms with Crippen LogP contribution in [-0.4, -0.2) is 26.9 Å². The number of aromatic nitrogens is 2. The summed E-state index contributed by atoms with van der Waals surface area (Å²) in [4.78, 5) is 12.8. The summed E-state index contributed by atoms with van der Waals surface area (Å²) in [6.45, 7) is 2.06. The first-order valence-corrected chi connectivity index (χ1v) is 7.21. The number of nitrogens with zero attached hydrogens (tertiary/aromatic N) is 2. The molecule has 1 heterocycles. The molecule has 1 fully saturated rings. The van der Waals surface area contributed by atoms with E-state index in [1.165, 1.54) is 11.5 Å². The fourth-order valence-corrected chi connectivity index (χ4v) is 2.91. The van der Waals surface area contributed by atoms with Gasteiger partial charge in [0.05, 0.1) is 11.2 Å². The van der Waals surface area contributed by atoms with E-state index >= 15 is 0 Å². The molecule has 0 spiro atoms. The maximum absolute atomic E-state index is 12.1. The molecule has 6 heteroatoms. The molecule has 1 saturated carbocycles. The van der Waals surface area contributed by atoms with Crippen LogP contribution < -0.4 is 5.32 Å². The molecule has 17 heavy (non-hydrogen) atoms. The molecule has 0 radical (unpaired) electrons. The van der Waals surface area contributed by atoms with Gasteiger partial charge in [-0.25, -0.2) is 0 Å². The summed E-state index contributed by atoms with van der Waals surface area (Å²) in [6, 6.07) is 0. The van der Waals surface area contributed by atoms with Crippen molar-refractivity contribution in [2.45, 2.75) is 44.6 Å². The van der Waals surface area contributed by atoms with E-state index in [9.17, 15) is 4.79 Å². The Kier molecular flexibility index (Phi) is 3.99. The molecule has 94 valence electrons. The maximum atomic E-state index is 12.1. The second-order valence-corrected chi connectivity index (χ2v) is 5.54. The number of carbonyl (C=O) groups is 1.